The Morgan fingerprint density at radius 2 is 1.44 bits per heavy atom. The molecule has 2 aliphatic heterocycles. The smallest absolute Gasteiger partial charge is 0.196 e. The van der Waals surface area contributed by atoms with Crippen LogP contribution in [0.1, 0.15) is 0 Å². The maximum absolute atomic E-state index is 12.4. The number of hydrogen-bond acceptors (Lipinski definition) is 7. The maximum Gasteiger partial charge on any atom is 0.196 e. The minimum absolute atomic E-state index is 0.0594. The molecule has 0 aromatic rings. The van der Waals surface area contributed by atoms with Crippen molar-refractivity contribution in [3.05, 3.63) is 0 Å². The molecule has 18 heavy (non-hydrogen) atoms. The Bertz CT molecular complexity index is 263. The first-order chi connectivity index (χ1) is 8.77. The maximum atomic E-state index is 12.4. The molecular weight excluding hydrogens is 236 g/mol. The summed E-state index contributed by atoms with van der Waals surface area (Å²) in [5, 5.41) is 24.3. The Hall–Kier alpha value is -0.570. The number of β-amino-alcohol motifs (C(OH)–C–C–N with tert-alkyl or cyclic N) is 2. The van der Waals surface area contributed by atoms with E-state index in [4.69, 9.17) is 10.2 Å². The molecule has 0 aromatic heterocycles. The van der Waals surface area contributed by atoms with Crippen molar-refractivity contribution >= 4 is 5.78 Å². The van der Waals surface area contributed by atoms with Crippen molar-refractivity contribution in [2.24, 2.45) is 0 Å². The fourth-order valence-electron chi connectivity index (χ4n) is 2.66. The Morgan fingerprint density at radius 3 is 1.83 bits per heavy atom. The van der Waals surface area contributed by atoms with Gasteiger partial charge in [0.2, 0.25) is 0 Å². The lowest BCUT2D eigenvalue weighted by molar-refractivity contribution is -0.129. The molecule has 4 N–H and O–H groups in total. The van der Waals surface area contributed by atoms with E-state index in [0.29, 0.717) is 13.1 Å². The molecule has 7 heteroatoms. The molecule has 2 saturated heterocycles. The van der Waals surface area contributed by atoms with Crippen molar-refractivity contribution in [2.45, 2.75) is 12.3 Å². The number of nitrogens with one attached hydrogen (secondary N) is 2. The van der Waals surface area contributed by atoms with E-state index in [1.165, 1.54) is 0 Å². The molecule has 2 atom stereocenters. The zero-order valence-corrected chi connectivity index (χ0v) is 10.5. The van der Waals surface area contributed by atoms with Crippen LogP contribution >= 0.6 is 0 Å². The summed E-state index contributed by atoms with van der Waals surface area (Å²) >= 11 is 0. The molecule has 7 nitrogen and oxygen atoms in total. The summed E-state index contributed by atoms with van der Waals surface area (Å²) < 4.78 is 0. The predicted octanol–water partition coefficient (Wildman–Crippen LogP) is -3.00. The van der Waals surface area contributed by atoms with Gasteiger partial charge in [-0.25, -0.2) is 0 Å². The lowest BCUT2D eigenvalue weighted by atomic mass is 10.2. The van der Waals surface area contributed by atoms with Crippen LogP contribution in [-0.4, -0.2) is 90.6 Å². The summed E-state index contributed by atoms with van der Waals surface area (Å²) in [4.78, 5) is 16.4. The molecule has 2 heterocycles. The van der Waals surface area contributed by atoms with Gasteiger partial charge in [-0.05, 0) is 0 Å². The Morgan fingerprint density at radius 1 is 1.00 bits per heavy atom. The van der Waals surface area contributed by atoms with Gasteiger partial charge in [-0.15, -0.1) is 0 Å². The van der Waals surface area contributed by atoms with E-state index >= 15 is 0 Å². The molecule has 0 saturated carbocycles. The molecular formula is C11H22N4O3. The quantitative estimate of drug-likeness (QED) is 0.404. The average Bonchev–Trinajstić information content (AvgIpc) is 2.98. The highest BCUT2D eigenvalue weighted by Crippen LogP contribution is 2.11. The second kappa shape index (κ2) is 6.55. The topological polar surface area (TPSA) is 88.1 Å². The number of aliphatic hydroxyl groups is 2. The molecule has 2 unspecified atom stereocenters. The lowest BCUT2D eigenvalue weighted by Gasteiger charge is -2.28. The summed E-state index contributed by atoms with van der Waals surface area (Å²) in [6, 6.07) is 0. The van der Waals surface area contributed by atoms with E-state index < -0.39 is 0 Å². The SMILES string of the molecule is O=C(C1NCCN1CCO)C1NCCN1CCO. The predicted molar refractivity (Wildman–Crippen MR) is 65.9 cm³/mol. The molecule has 0 spiro atoms. The third-order valence-corrected chi connectivity index (χ3v) is 3.52. The van der Waals surface area contributed by atoms with Crippen molar-refractivity contribution in [1.29, 1.82) is 0 Å². The number of Topliss-reactive ketones (excluding diaryl/α,β-unsaturated/α-hetero) is 1. The second-order valence-corrected chi connectivity index (χ2v) is 4.63. The van der Waals surface area contributed by atoms with E-state index in [0.717, 1.165) is 26.2 Å². The minimum atomic E-state index is -0.325. The van der Waals surface area contributed by atoms with Crippen molar-refractivity contribution in [2.75, 3.05) is 52.5 Å². The van der Waals surface area contributed by atoms with Gasteiger partial charge >= 0.3 is 0 Å². The van der Waals surface area contributed by atoms with Gasteiger partial charge in [0.15, 0.2) is 5.78 Å². The second-order valence-electron chi connectivity index (χ2n) is 4.63. The largest absolute Gasteiger partial charge is 0.395 e. The molecule has 0 radical (unpaired) electrons. The number of rotatable bonds is 6. The van der Waals surface area contributed by atoms with Gasteiger partial charge in [0.05, 0.1) is 13.2 Å². The van der Waals surface area contributed by atoms with Crippen LogP contribution < -0.4 is 10.6 Å². The molecule has 0 bridgehead atoms. The van der Waals surface area contributed by atoms with E-state index in [2.05, 4.69) is 10.6 Å². The number of aliphatic hydroxyl groups excluding tert-OH is 2. The van der Waals surface area contributed by atoms with Crippen molar-refractivity contribution < 1.29 is 15.0 Å². The van der Waals surface area contributed by atoms with E-state index in [9.17, 15) is 4.79 Å². The first-order valence-corrected chi connectivity index (χ1v) is 6.48. The van der Waals surface area contributed by atoms with Crippen LogP contribution in [-0.2, 0) is 4.79 Å². The Balaban J connectivity index is 1.97. The summed E-state index contributed by atoms with van der Waals surface area (Å²) in [7, 11) is 0. The molecule has 2 fully saturated rings. The normalized spacial score (nSPS) is 30.1. The Labute approximate surface area is 107 Å². The number of ketones is 1. The number of carbonyl (C=O) groups is 1. The fraction of sp³-hybridized carbons (Fsp3) is 0.909. The number of nitrogens with zero attached hydrogens (tertiary/aromatic N) is 2. The van der Waals surface area contributed by atoms with Gasteiger partial charge in [0.1, 0.15) is 12.3 Å². The van der Waals surface area contributed by atoms with Crippen molar-refractivity contribution in [3.8, 4) is 0 Å². The van der Waals surface area contributed by atoms with Gasteiger partial charge in [0.25, 0.3) is 0 Å². The van der Waals surface area contributed by atoms with Crippen LogP contribution in [0.4, 0.5) is 0 Å². The third-order valence-electron chi connectivity index (χ3n) is 3.52. The van der Waals surface area contributed by atoms with Crippen LogP contribution in [0.2, 0.25) is 0 Å². The van der Waals surface area contributed by atoms with Crippen LogP contribution in [0.3, 0.4) is 0 Å². The highest BCUT2D eigenvalue weighted by Gasteiger charge is 2.38. The standard InChI is InChI=1S/C11H22N4O3/c16-7-5-14-3-1-12-10(14)9(18)11-13-2-4-15(11)6-8-17/h10-13,16-17H,1-8H2. The number of carbonyl (C=O) groups excluding carboxylic acids is 1. The molecule has 0 amide bonds. The summed E-state index contributed by atoms with van der Waals surface area (Å²) in [5.41, 5.74) is 0. The molecule has 0 aromatic carbocycles. The van der Waals surface area contributed by atoms with Gasteiger partial charge in [-0.2, -0.15) is 0 Å². The summed E-state index contributed by atoms with van der Waals surface area (Å²) in [6.07, 6.45) is -0.650. The van der Waals surface area contributed by atoms with Crippen LogP contribution in [0.5, 0.6) is 0 Å². The highest BCUT2D eigenvalue weighted by atomic mass is 16.3. The van der Waals surface area contributed by atoms with Crippen LogP contribution in [0.15, 0.2) is 0 Å². The third kappa shape index (κ3) is 2.87. The minimum Gasteiger partial charge on any atom is -0.395 e. The van der Waals surface area contributed by atoms with Crippen LogP contribution in [0.25, 0.3) is 0 Å². The monoisotopic (exact) mass is 258 g/mol. The molecule has 2 aliphatic rings. The Kier molecular flexibility index (Phi) is 5.04. The average molecular weight is 258 g/mol. The van der Waals surface area contributed by atoms with Crippen molar-refractivity contribution in [1.82, 2.24) is 20.4 Å². The molecule has 104 valence electrons. The summed E-state index contributed by atoms with van der Waals surface area (Å²) in [6.45, 7) is 4.24. The summed E-state index contributed by atoms with van der Waals surface area (Å²) in [5.74, 6) is 0.0758. The van der Waals surface area contributed by atoms with Crippen molar-refractivity contribution in [3.63, 3.8) is 0 Å². The molecule has 0 aliphatic carbocycles. The first kappa shape index (κ1) is 13.9. The van der Waals surface area contributed by atoms with Gasteiger partial charge in [-0.3, -0.25) is 25.2 Å². The first-order valence-electron chi connectivity index (χ1n) is 6.48. The highest BCUT2D eigenvalue weighted by molar-refractivity contribution is 5.88. The molecule has 2 rings (SSSR count). The van der Waals surface area contributed by atoms with Gasteiger partial charge in [-0.1, -0.05) is 0 Å². The van der Waals surface area contributed by atoms with E-state index in [-0.39, 0.29) is 31.3 Å². The fourth-order valence-corrected chi connectivity index (χ4v) is 2.66. The van der Waals surface area contributed by atoms with Gasteiger partial charge < -0.3 is 10.2 Å². The van der Waals surface area contributed by atoms with Crippen LogP contribution in [0, 0.1) is 0 Å². The van der Waals surface area contributed by atoms with Gasteiger partial charge in [0, 0.05) is 39.3 Å². The van der Waals surface area contributed by atoms with E-state index in [1.807, 2.05) is 9.80 Å². The lowest BCUT2D eigenvalue weighted by Crippen LogP contribution is -2.55. The van der Waals surface area contributed by atoms with E-state index in [1.54, 1.807) is 0 Å². The number of hydrogen-bond donors (Lipinski definition) is 4. The zero-order chi connectivity index (χ0) is 13.0. The zero-order valence-electron chi connectivity index (χ0n) is 10.5.